The summed E-state index contributed by atoms with van der Waals surface area (Å²) in [5.41, 5.74) is 0.686. The van der Waals surface area contributed by atoms with Gasteiger partial charge in [-0.25, -0.2) is 4.98 Å². The maximum Gasteiger partial charge on any atom is 0.280 e. The topological polar surface area (TPSA) is 56.0 Å². The van der Waals surface area contributed by atoms with Crippen LogP contribution in [0.5, 0.6) is 0 Å². The third-order valence-corrected chi connectivity index (χ3v) is 4.15. The number of imidazole rings is 1. The van der Waals surface area contributed by atoms with Crippen LogP contribution in [-0.4, -0.2) is 32.2 Å². The van der Waals surface area contributed by atoms with Crippen LogP contribution in [0.15, 0.2) is 4.79 Å². The highest BCUT2D eigenvalue weighted by atomic mass is 16.1. The molecule has 1 aliphatic rings. The quantitative estimate of drug-likeness (QED) is 0.780. The maximum atomic E-state index is 12.7. The summed E-state index contributed by atoms with van der Waals surface area (Å²) in [6.45, 7) is 4.08. The van der Waals surface area contributed by atoms with Crippen molar-refractivity contribution in [2.24, 2.45) is 7.05 Å². The number of aromatic nitrogens is 4. The minimum atomic E-state index is -0.184. The summed E-state index contributed by atoms with van der Waals surface area (Å²) in [5.74, 6) is 9.40. The molecule has 0 amide bonds. The molecule has 2 aromatic rings. The number of hydrogen-bond acceptors (Lipinski definition) is 4. The highest BCUT2D eigenvalue weighted by molar-refractivity contribution is 5.74. The van der Waals surface area contributed by atoms with Gasteiger partial charge < -0.3 is 4.90 Å². The van der Waals surface area contributed by atoms with Crippen LogP contribution in [0.4, 0.5) is 5.95 Å². The van der Waals surface area contributed by atoms with Gasteiger partial charge in [0, 0.05) is 20.1 Å². The summed E-state index contributed by atoms with van der Waals surface area (Å²) < 4.78 is 3.26. The number of nitrogens with zero attached hydrogens (tertiary/aromatic N) is 5. The molecule has 1 fully saturated rings. The van der Waals surface area contributed by atoms with Crippen LogP contribution < -0.4 is 10.5 Å². The molecule has 6 heteroatoms. The summed E-state index contributed by atoms with van der Waals surface area (Å²) in [6.07, 6.45) is 8.93. The SMILES string of the molecule is C#Cc1nc2nc(N3CCCCC3)n(CC#CC)c2c(=O)n1C. The Hall–Kier alpha value is -2.73. The van der Waals surface area contributed by atoms with Crippen LogP contribution in [0.2, 0.25) is 0 Å². The average molecular weight is 309 g/mol. The van der Waals surface area contributed by atoms with Gasteiger partial charge in [0.2, 0.25) is 5.95 Å². The molecular formula is C17H19N5O. The fourth-order valence-electron chi connectivity index (χ4n) is 2.92. The Morgan fingerprint density at radius 1 is 1.22 bits per heavy atom. The average Bonchev–Trinajstić information content (AvgIpc) is 2.95. The number of hydrogen-bond donors (Lipinski definition) is 0. The third-order valence-electron chi connectivity index (χ3n) is 4.15. The van der Waals surface area contributed by atoms with Gasteiger partial charge in [-0.2, -0.15) is 4.98 Å². The van der Waals surface area contributed by atoms with E-state index in [0.717, 1.165) is 31.9 Å². The molecule has 2 aromatic heterocycles. The van der Waals surface area contributed by atoms with Crippen LogP contribution >= 0.6 is 0 Å². The van der Waals surface area contributed by atoms with Gasteiger partial charge in [-0.15, -0.1) is 12.3 Å². The molecule has 3 heterocycles. The predicted molar refractivity (Wildman–Crippen MR) is 90.2 cm³/mol. The van der Waals surface area contributed by atoms with E-state index in [9.17, 15) is 4.79 Å². The zero-order valence-electron chi connectivity index (χ0n) is 13.5. The zero-order valence-corrected chi connectivity index (χ0v) is 13.5. The van der Waals surface area contributed by atoms with E-state index in [1.54, 1.807) is 14.0 Å². The van der Waals surface area contributed by atoms with Crippen molar-refractivity contribution in [2.75, 3.05) is 18.0 Å². The second-order valence-corrected chi connectivity index (χ2v) is 5.59. The molecule has 0 bridgehead atoms. The molecule has 0 saturated carbocycles. The number of terminal acetylenes is 1. The summed E-state index contributed by atoms with van der Waals surface area (Å²) in [7, 11) is 1.63. The van der Waals surface area contributed by atoms with E-state index < -0.39 is 0 Å². The first kappa shape index (κ1) is 15.2. The molecule has 0 N–H and O–H groups in total. The third kappa shape index (κ3) is 2.57. The van der Waals surface area contributed by atoms with Gasteiger partial charge in [-0.05, 0) is 32.1 Å². The predicted octanol–water partition coefficient (Wildman–Crippen LogP) is 1.12. The summed E-state index contributed by atoms with van der Waals surface area (Å²) in [4.78, 5) is 23.9. The Bertz CT molecular complexity index is 897. The molecule has 23 heavy (non-hydrogen) atoms. The molecule has 0 aliphatic carbocycles. The van der Waals surface area contributed by atoms with Gasteiger partial charge in [-0.3, -0.25) is 13.9 Å². The number of fused-ring (bicyclic) bond motifs is 1. The van der Waals surface area contributed by atoms with Crippen LogP contribution in [0, 0.1) is 24.2 Å². The highest BCUT2D eigenvalue weighted by Crippen LogP contribution is 2.22. The van der Waals surface area contributed by atoms with E-state index in [-0.39, 0.29) is 5.56 Å². The lowest BCUT2D eigenvalue weighted by Gasteiger charge is -2.27. The largest absolute Gasteiger partial charge is 0.342 e. The summed E-state index contributed by atoms with van der Waals surface area (Å²) >= 11 is 0. The van der Waals surface area contributed by atoms with Crippen molar-refractivity contribution in [3.05, 3.63) is 16.2 Å². The van der Waals surface area contributed by atoms with Crippen LogP contribution in [-0.2, 0) is 13.6 Å². The van der Waals surface area contributed by atoms with Gasteiger partial charge >= 0.3 is 0 Å². The number of anilines is 1. The van der Waals surface area contributed by atoms with Crippen molar-refractivity contribution in [3.63, 3.8) is 0 Å². The summed E-state index contributed by atoms with van der Waals surface area (Å²) in [6, 6.07) is 0. The molecule has 0 spiro atoms. The molecular weight excluding hydrogens is 290 g/mol. The molecule has 118 valence electrons. The Labute approximate surface area is 135 Å². The van der Waals surface area contributed by atoms with E-state index in [1.807, 2.05) is 4.57 Å². The Balaban J connectivity index is 2.26. The fraction of sp³-hybridized carbons (Fsp3) is 0.471. The molecule has 6 nitrogen and oxygen atoms in total. The van der Waals surface area contributed by atoms with Crippen molar-refractivity contribution in [2.45, 2.75) is 32.7 Å². The van der Waals surface area contributed by atoms with Crippen molar-refractivity contribution in [3.8, 4) is 24.2 Å². The van der Waals surface area contributed by atoms with E-state index in [2.05, 4.69) is 32.6 Å². The Kier molecular flexibility index (Phi) is 4.08. The van der Waals surface area contributed by atoms with Crippen molar-refractivity contribution < 1.29 is 0 Å². The minimum Gasteiger partial charge on any atom is -0.342 e. The maximum absolute atomic E-state index is 12.7. The lowest BCUT2D eigenvalue weighted by atomic mass is 10.1. The van der Waals surface area contributed by atoms with Gasteiger partial charge in [0.15, 0.2) is 17.0 Å². The van der Waals surface area contributed by atoms with Crippen LogP contribution in [0.25, 0.3) is 11.2 Å². The molecule has 0 unspecified atom stereocenters. The first-order chi connectivity index (χ1) is 11.2. The van der Waals surface area contributed by atoms with E-state index in [0.29, 0.717) is 23.5 Å². The molecule has 1 aliphatic heterocycles. The normalized spacial score (nSPS) is 14.4. The van der Waals surface area contributed by atoms with Crippen LogP contribution in [0.3, 0.4) is 0 Å². The van der Waals surface area contributed by atoms with Crippen molar-refractivity contribution >= 4 is 17.1 Å². The van der Waals surface area contributed by atoms with Crippen molar-refractivity contribution in [1.82, 2.24) is 19.1 Å². The second-order valence-electron chi connectivity index (χ2n) is 5.59. The Morgan fingerprint density at radius 2 is 1.96 bits per heavy atom. The van der Waals surface area contributed by atoms with E-state index >= 15 is 0 Å². The molecule has 3 rings (SSSR count). The van der Waals surface area contributed by atoms with E-state index in [4.69, 9.17) is 6.42 Å². The lowest BCUT2D eigenvalue weighted by Crippen LogP contribution is -2.32. The molecule has 1 saturated heterocycles. The van der Waals surface area contributed by atoms with Crippen molar-refractivity contribution in [1.29, 1.82) is 0 Å². The first-order valence-corrected chi connectivity index (χ1v) is 7.75. The van der Waals surface area contributed by atoms with E-state index in [1.165, 1.54) is 11.0 Å². The number of rotatable bonds is 2. The standard InChI is InChI=1S/C17H19N5O/c1-4-6-12-22-14-15(18-13(5-2)20(3)16(14)23)19-17(22)21-10-8-7-9-11-21/h2H,7-12H2,1,3H3. The summed E-state index contributed by atoms with van der Waals surface area (Å²) in [5, 5.41) is 0. The van der Waals surface area contributed by atoms with Gasteiger partial charge in [0.05, 0.1) is 6.54 Å². The highest BCUT2D eigenvalue weighted by Gasteiger charge is 2.22. The van der Waals surface area contributed by atoms with Gasteiger partial charge in [0.1, 0.15) is 0 Å². The zero-order chi connectivity index (χ0) is 16.4. The van der Waals surface area contributed by atoms with Gasteiger partial charge in [0.25, 0.3) is 5.56 Å². The molecule has 0 atom stereocenters. The fourth-order valence-corrected chi connectivity index (χ4v) is 2.92. The molecule has 0 radical (unpaired) electrons. The lowest BCUT2D eigenvalue weighted by molar-refractivity contribution is 0.561. The monoisotopic (exact) mass is 309 g/mol. The van der Waals surface area contributed by atoms with Crippen LogP contribution in [0.1, 0.15) is 32.0 Å². The minimum absolute atomic E-state index is 0.184. The number of piperidine rings is 1. The Morgan fingerprint density at radius 3 is 2.61 bits per heavy atom. The first-order valence-electron chi connectivity index (χ1n) is 7.75. The molecule has 0 aromatic carbocycles. The second kappa shape index (κ2) is 6.18. The smallest absolute Gasteiger partial charge is 0.280 e. The van der Waals surface area contributed by atoms with Gasteiger partial charge in [-0.1, -0.05) is 5.92 Å².